The highest BCUT2D eigenvalue weighted by atomic mass is 79.9. The number of benzene rings is 1. The van der Waals surface area contributed by atoms with E-state index in [0.29, 0.717) is 11.5 Å². The van der Waals surface area contributed by atoms with Gasteiger partial charge in [-0.25, -0.2) is 4.98 Å². The number of aromatic nitrogens is 2. The molecule has 0 aliphatic rings. The van der Waals surface area contributed by atoms with Crippen molar-refractivity contribution in [2.75, 3.05) is 5.73 Å². The first-order valence-corrected chi connectivity index (χ1v) is 5.02. The maximum absolute atomic E-state index is 8.74. The Morgan fingerprint density at radius 2 is 2.13 bits per heavy atom. The van der Waals surface area contributed by atoms with Gasteiger partial charge in [0.15, 0.2) is 11.5 Å². The molecular formula is C10H7BrN4. The zero-order valence-corrected chi connectivity index (χ0v) is 9.25. The van der Waals surface area contributed by atoms with Crippen molar-refractivity contribution < 1.29 is 0 Å². The predicted octanol–water partition coefficient (Wildman–Crippen LogP) is 2.29. The third kappa shape index (κ3) is 1.72. The number of nitrogens with zero attached hydrogens (tertiary/aromatic N) is 2. The molecule has 2 rings (SSSR count). The van der Waals surface area contributed by atoms with E-state index in [9.17, 15) is 0 Å². The summed E-state index contributed by atoms with van der Waals surface area (Å²) in [5, 5.41) is 8.74. The largest absolute Gasteiger partial charge is 0.381 e. The number of imidazole rings is 1. The van der Waals surface area contributed by atoms with Gasteiger partial charge in [0.05, 0.1) is 0 Å². The molecule has 0 fully saturated rings. The Bertz CT molecular complexity index is 539. The van der Waals surface area contributed by atoms with E-state index in [1.54, 1.807) is 0 Å². The molecule has 15 heavy (non-hydrogen) atoms. The molecule has 0 atom stereocenters. The minimum absolute atomic E-state index is 0.225. The van der Waals surface area contributed by atoms with Crippen LogP contribution in [0.25, 0.3) is 11.4 Å². The summed E-state index contributed by atoms with van der Waals surface area (Å²) in [6.07, 6.45) is 0. The minimum atomic E-state index is 0.225. The number of anilines is 1. The van der Waals surface area contributed by atoms with Crippen LogP contribution in [0, 0.1) is 11.3 Å². The summed E-state index contributed by atoms with van der Waals surface area (Å²) >= 11 is 3.40. The normalized spacial score (nSPS) is 9.87. The highest BCUT2D eigenvalue weighted by Gasteiger charge is 2.10. The number of hydrogen-bond acceptors (Lipinski definition) is 3. The molecule has 0 saturated carbocycles. The molecule has 1 aromatic carbocycles. The van der Waals surface area contributed by atoms with Gasteiger partial charge in [0.1, 0.15) is 11.9 Å². The molecule has 0 bridgehead atoms. The van der Waals surface area contributed by atoms with Crippen molar-refractivity contribution in [2.24, 2.45) is 0 Å². The van der Waals surface area contributed by atoms with Crippen LogP contribution in [-0.2, 0) is 0 Å². The van der Waals surface area contributed by atoms with E-state index in [4.69, 9.17) is 11.0 Å². The molecule has 5 heteroatoms. The number of aromatic amines is 1. The van der Waals surface area contributed by atoms with Gasteiger partial charge >= 0.3 is 0 Å². The second kappa shape index (κ2) is 3.75. The Hall–Kier alpha value is -1.80. The summed E-state index contributed by atoms with van der Waals surface area (Å²) in [6, 6.07) is 9.54. The molecule has 1 aromatic heterocycles. The number of hydrogen-bond donors (Lipinski definition) is 2. The maximum atomic E-state index is 8.74. The van der Waals surface area contributed by atoms with Crippen LogP contribution in [0.3, 0.4) is 0 Å². The van der Waals surface area contributed by atoms with E-state index < -0.39 is 0 Å². The van der Waals surface area contributed by atoms with Crippen molar-refractivity contribution in [3.05, 3.63) is 34.4 Å². The van der Waals surface area contributed by atoms with E-state index in [-0.39, 0.29) is 5.82 Å². The van der Waals surface area contributed by atoms with Crippen LogP contribution < -0.4 is 5.73 Å². The van der Waals surface area contributed by atoms with Gasteiger partial charge in [-0.3, -0.25) is 0 Å². The first kappa shape index (κ1) is 9.74. The number of halogens is 1. The molecule has 2 aromatic rings. The van der Waals surface area contributed by atoms with E-state index in [0.717, 1.165) is 10.0 Å². The summed E-state index contributed by atoms with van der Waals surface area (Å²) in [7, 11) is 0. The molecule has 3 N–H and O–H groups in total. The van der Waals surface area contributed by atoms with Crippen molar-refractivity contribution in [3.63, 3.8) is 0 Å². The predicted molar refractivity (Wildman–Crippen MR) is 60.9 cm³/mol. The summed E-state index contributed by atoms with van der Waals surface area (Å²) in [5.41, 5.74) is 6.73. The standard InChI is InChI=1S/C10H7BrN4/c11-7-4-2-1-3-6(7)10-14-8(5-12)9(13)15-10/h1-4H,13H2,(H,14,15). The van der Waals surface area contributed by atoms with Gasteiger partial charge in [0.25, 0.3) is 0 Å². The van der Waals surface area contributed by atoms with Crippen molar-refractivity contribution >= 4 is 21.7 Å². The second-order valence-electron chi connectivity index (χ2n) is 2.94. The number of rotatable bonds is 1. The van der Waals surface area contributed by atoms with Gasteiger partial charge in [-0.2, -0.15) is 5.26 Å². The Balaban J connectivity index is 2.56. The molecule has 0 spiro atoms. The SMILES string of the molecule is N#Cc1[nH]c(-c2ccccc2Br)nc1N. The van der Waals surface area contributed by atoms with Crippen molar-refractivity contribution in [1.29, 1.82) is 5.26 Å². The van der Waals surface area contributed by atoms with Gasteiger partial charge in [-0.1, -0.05) is 34.1 Å². The molecule has 0 radical (unpaired) electrons. The Morgan fingerprint density at radius 3 is 2.73 bits per heavy atom. The van der Waals surface area contributed by atoms with Gasteiger partial charge < -0.3 is 10.7 Å². The first-order valence-electron chi connectivity index (χ1n) is 4.23. The molecule has 0 saturated heterocycles. The summed E-state index contributed by atoms with van der Waals surface area (Å²) < 4.78 is 0.906. The van der Waals surface area contributed by atoms with Crippen LogP contribution in [0.5, 0.6) is 0 Å². The zero-order chi connectivity index (χ0) is 10.8. The van der Waals surface area contributed by atoms with E-state index in [1.807, 2.05) is 30.3 Å². The molecule has 74 valence electrons. The number of nitrogens with two attached hydrogens (primary N) is 1. The van der Waals surface area contributed by atoms with Gasteiger partial charge in [0.2, 0.25) is 0 Å². The van der Waals surface area contributed by atoms with Crippen molar-refractivity contribution in [2.45, 2.75) is 0 Å². The van der Waals surface area contributed by atoms with E-state index >= 15 is 0 Å². The second-order valence-corrected chi connectivity index (χ2v) is 3.79. The van der Waals surface area contributed by atoms with Crippen molar-refractivity contribution in [1.82, 2.24) is 9.97 Å². The summed E-state index contributed by atoms with van der Waals surface area (Å²) in [5.74, 6) is 0.819. The molecule has 0 aliphatic carbocycles. The number of nitrogens with one attached hydrogen (secondary N) is 1. The molecule has 4 nitrogen and oxygen atoms in total. The van der Waals surface area contributed by atoms with Gasteiger partial charge in [0, 0.05) is 10.0 Å². The van der Waals surface area contributed by atoms with Crippen LogP contribution in [0.4, 0.5) is 5.82 Å². The molecule has 0 unspecified atom stereocenters. The number of nitriles is 1. The average molecular weight is 263 g/mol. The Kier molecular flexibility index (Phi) is 2.44. The highest BCUT2D eigenvalue weighted by Crippen LogP contribution is 2.26. The third-order valence-corrected chi connectivity index (χ3v) is 2.66. The van der Waals surface area contributed by atoms with Crippen LogP contribution in [0.2, 0.25) is 0 Å². The fourth-order valence-corrected chi connectivity index (χ4v) is 1.73. The lowest BCUT2D eigenvalue weighted by Gasteiger charge is -1.98. The topological polar surface area (TPSA) is 78.5 Å². The lowest BCUT2D eigenvalue weighted by molar-refractivity contribution is 1.29. The molecule has 1 heterocycles. The van der Waals surface area contributed by atoms with E-state index in [1.165, 1.54) is 0 Å². The van der Waals surface area contributed by atoms with E-state index in [2.05, 4.69) is 25.9 Å². The van der Waals surface area contributed by atoms with Gasteiger partial charge in [-0.05, 0) is 6.07 Å². The number of H-pyrrole nitrogens is 1. The quantitative estimate of drug-likeness (QED) is 0.828. The van der Waals surface area contributed by atoms with Crippen molar-refractivity contribution in [3.8, 4) is 17.5 Å². The third-order valence-electron chi connectivity index (χ3n) is 1.97. The fraction of sp³-hybridized carbons (Fsp3) is 0. The fourth-order valence-electron chi connectivity index (χ4n) is 1.25. The average Bonchev–Trinajstić information content (AvgIpc) is 2.60. The van der Waals surface area contributed by atoms with Gasteiger partial charge in [-0.15, -0.1) is 0 Å². The Morgan fingerprint density at radius 1 is 1.40 bits per heavy atom. The van der Waals surface area contributed by atoms with Crippen LogP contribution >= 0.6 is 15.9 Å². The van der Waals surface area contributed by atoms with Crippen LogP contribution in [0.1, 0.15) is 5.69 Å². The molecule has 0 aliphatic heterocycles. The monoisotopic (exact) mass is 262 g/mol. The zero-order valence-electron chi connectivity index (χ0n) is 7.66. The minimum Gasteiger partial charge on any atom is -0.381 e. The highest BCUT2D eigenvalue weighted by molar-refractivity contribution is 9.10. The molecule has 0 amide bonds. The first-order chi connectivity index (χ1) is 7.22. The van der Waals surface area contributed by atoms with Crippen LogP contribution in [0.15, 0.2) is 28.7 Å². The smallest absolute Gasteiger partial charge is 0.161 e. The molecular weight excluding hydrogens is 256 g/mol. The number of nitrogen functional groups attached to an aromatic ring is 1. The lowest BCUT2D eigenvalue weighted by atomic mass is 10.2. The maximum Gasteiger partial charge on any atom is 0.161 e. The lowest BCUT2D eigenvalue weighted by Crippen LogP contribution is -1.87. The summed E-state index contributed by atoms with van der Waals surface area (Å²) in [6.45, 7) is 0. The summed E-state index contributed by atoms with van der Waals surface area (Å²) in [4.78, 5) is 6.94. The Labute approximate surface area is 94.9 Å². The van der Waals surface area contributed by atoms with Crippen LogP contribution in [-0.4, -0.2) is 9.97 Å².